The number of aromatic nitrogens is 2. The fraction of sp³-hybridized carbons (Fsp3) is 0.714. The molecule has 108 valence electrons. The average molecular weight is 267 g/mol. The molecule has 2 N–H and O–H groups in total. The van der Waals surface area contributed by atoms with Crippen molar-refractivity contribution < 1.29 is 9.90 Å². The highest BCUT2D eigenvalue weighted by Crippen LogP contribution is 2.17. The van der Waals surface area contributed by atoms with Crippen molar-refractivity contribution >= 4 is 5.91 Å². The predicted molar refractivity (Wildman–Crippen MR) is 75.3 cm³/mol. The van der Waals surface area contributed by atoms with Gasteiger partial charge in [-0.3, -0.25) is 9.48 Å². The van der Waals surface area contributed by atoms with Gasteiger partial charge in [0.2, 0.25) is 0 Å². The summed E-state index contributed by atoms with van der Waals surface area (Å²) in [5.74, 6) is 0.222. The second-order valence-corrected chi connectivity index (χ2v) is 5.65. The van der Waals surface area contributed by atoms with Crippen LogP contribution in [0, 0.1) is 5.92 Å². The second-order valence-electron chi connectivity index (χ2n) is 5.65. The standard InChI is InChI=1S/C14H25N3O2/c1-9(2)12-6-13(17(16-12)10(3)4)14(19)15-7-11(5)8-18/h6,9-11,18H,7-8H2,1-5H3,(H,15,19). The minimum absolute atomic E-state index is 0.0592. The van der Waals surface area contributed by atoms with Crippen LogP contribution < -0.4 is 5.32 Å². The molecule has 0 bridgehead atoms. The van der Waals surface area contributed by atoms with Crippen molar-refractivity contribution in [2.45, 2.75) is 46.6 Å². The predicted octanol–water partition coefficient (Wildman–Crippen LogP) is 1.95. The van der Waals surface area contributed by atoms with E-state index < -0.39 is 0 Å². The molecule has 1 heterocycles. The van der Waals surface area contributed by atoms with Crippen molar-refractivity contribution in [3.63, 3.8) is 0 Å². The Bertz CT molecular complexity index is 424. The minimum atomic E-state index is -0.131. The van der Waals surface area contributed by atoms with Crippen molar-refractivity contribution in [3.05, 3.63) is 17.5 Å². The number of hydrogen-bond donors (Lipinski definition) is 2. The Hall–Kier alpha value is -1.36. The van der Waals surface area contributed by atoms with Gasteiger partial charge in [0, 0.05) is 19.2 Å². The molecule has 19 heavy (non-hydrogen) atoms. The molecule has 1 aromatic heterocycles. The molecule has 1 aromatic rings. The number of rotatable bonds is 6. The van der Waals surface area contributed by atoms with Gasteiger partial charge in [0.1, 0.15) is 5.69 Å². The number of hydrogen-bond acceptors (Lipinski definition) is 3. The molecule has 0 aliphatic rings. The van der Waals surface area contributed by atoms with Crippen molar-refractivity contribution in [1.29, 1.82) is 0 Å². The summed E-state index contributed by atoms with van der Waals surface area (Å²) in [6.07, 6.45) is 0. The van der Waals surface area contributed by atoms with E-state index in [0.29, 0.717) is 18.2 Å². The van der Waals surface area contributed by atoms with Gasteiger partial charge < -0.3 is 10.4 Å². The Morgan fingerprint density at radius 2 is 2.00 bits per heavy atom. The summed E-state index contributed by atoms with van der Waals surface area (Å²) >= 11 is 0. The summed E-state index contributed by atoms with van der Waals surface area (Å²) < 4.78 is 1.76. The highest BCUT2D eigenvalue weighted by atomic mass is 16.3. The third-order valence-electron chi connectivity index (χ3n) is 2.99. The van der Waals surface area contributed by atoms with E-state index in [4.69, 9.17) is 5.11 Å². The third-order valence-corrected chi connectivity index (χ3v) is 2.99. The van der Waals surface area contributed by atoms with Crippen molar-refractivity contribution in [3.8, 4) is 0 Å². The smallest absolute Gasteiger partial charge is 0.269 e. The molecule has 0 radical (unpaired) electrons. The summed E-state index contributed by atoms with van der Waals surface area (Å²) in [4.78, 5) is 12.2. The second kappa shape index (κ2) is 6.70. The summed E-state index contributed by atoms with van der Waals surface area (Å²) in [6.45, 7) is 10.6. The van der Waals surface area contributed by atoms with E-state index in [-0.39, 0.29) is 24.5 Å². The minimum Gasteiger partial charge on any atom is -0.396 e. The molecule has 0 saturated heterocycles. The van der Waals surface area contributed by atoms with E-state index in [9.17, 15) is 4.79 Å². The first kappa shape index (κ1) is 15.7. The molecule has 0 aromatic carbocycles. The summed E-state index contributed by atoms with van der Waals surface area (Å²) in [5.41, 5.74) is 1.51. The molecule has 1 amide bonds. The number of nitrogens with one attached hydrogen (secondary N) is 1. The fourth-order valence-corrected chi connectivity index (χ4v) is 1.68. The maximum Gasteiger partial charge on any atom is 0.269 e. The lowest BCUT2D eigenvalue weighted by atomic mass is 10.1. The average Bonchev–Trinajstić information content (AvgIpc) is 2.80. The van der Waals surface area contributed by atoms with E-state index in [2.05, 4.69) is 24.3 Å². The van der Waals surface area contributed by atoms with E-state index in [1.54, 1.807) is 4.68 Å². The number of carbonyl (C=O) groups excluding carboxylic acids is 1. The van der Waals surface area contributed by atoms with Crippen LogP contribution in [0.25, 0.3) is 0 Å². The molecule has 0 saturated carbocycles. The van der Waals surface area contributed by atoms with Crippen LogP contribution in [-0.4, -0.2) is 33.9 Å². The number of amides is 1. The maximum absolute atomic E-state index is 12.2. The van der Waals surface area contributed by atoms with Crippen LogP contribution in [-0.2, 0) is 0 Å². The normalized spacial score (nSPS) is 13.1. The molecule has 1 unspecified atom stereocenters. The molecule has 0 aliphatic heterocycles. The van der Waals surface area contributed by atoms with Crippen LogP contribution in [0.5, 0.6) is 0 Å². The Morgan fingerprint density at radius 1 is 1.37 bits per heavy atom. The number of carbonyl (C=O) groups is 1. The van der Waals surface area contributed by atoms with Gasteiger partial charge in [0.05, 0.1) is 5.69 Å². The topological polar surface area (TPSA) is 67.2 Å². The molecule has 1 atom stereocenters. The maximum atomic E-state index is 12.2. The van der Waals surface area contributed by atoms with Crippen molar-refractivity contribution in [2.75, 3.05) is 13.2 Å². The van der Waals surface area contributed by atoms with Crippen LogP contribution in [0.15, 0.2) is 6.07 Å². The number of nitrogens with zero attached hydrogens (tertiary/aromatic N) is 2. The zero-order valence-electron chi connectivity index (χ0n) is 12.5. The zero-order chi connectivity index (χ0) is 14.6. The molecule has 1 rings (SSSR count). The Morgan fingerprint density at radius 3 is 2.47 bits per heavy atom. The monoisotopic (exact) mass is 267 g/mol. The SMILES string of the molecule is CC(CO)CNC(=O)c1cc(C(C)C)nn1C(C)C. The van der Waals surface area contributed by atoms with Gasteiger partial charge in [-0.15, -0.1) is 0 Å². The van der Waals surface area contributed by atoms with Gasteiger partial charge in [0.25, 0.3) is 5.91 Å². The highest BCUT2D eigenvalue weighted by Gasteiger charge is 2.18. The Labute approximate surface area is 115 Å². The van der Waals surface area contributed by atoms with E-state index >= 15 is 0 Å². The first-order chi connectivity index (χ1) is 8.86. The highest BCUT2D eigenvalue weighted by molar-refractivity contribution is 5.92. The first-order valence-electron chi connectivity index (χ1n) is 6.85. The van der Waals surface area contributed by atoms with Gasteiger partial charge in [0.15, 0.2) is 0 Å². The van der Waals surface area contributed by atoms with Crippen LogP contribution in [0.4, 0.5) is 0 Å². The lowest BCUT2D eigenvalue weighted by Gasteiger charge is -2.12. The van der Waals surface area contributed by atoms with Gasteiger partial charge in [-0.05, 0) is 31.7 Å². The molecular formula is C14H25N3O2. The quantitative estimate of drug-likeness (QED) is 0.827. The largest absolute Gasteiger partial charge is 0.396 e. The van der Waals surface area contributed by atoms with Gasteiger partial charge in [-0.1, -0.05) is 20.8 Å². The number of aliphatic hydroxyl groups is 1. The van der Waals surface area contributed by atoms with Crippen LogP contribution in [0.1, 0.15) is 62.8 Å². The van der Waals surface area contributed by atoms with Gasteiger partial charge >= 0.3 is 0 Å². The van der Waals surface area contributed by atoms with E-state index in [1.807, 2.05) is 26.8 Å². The van der Waals surface area contributed by atoms with Crippen LogP contribution in [0.2, 0.25) is 0 Å². The number of aliphatic hydroxyl groups excluding tert-OH is 1. The van der Waals surface area contributed by atoms with Crippen molar-refractivity contribution in [2.24, 2.45) is 5.92 Å². The summed E-state index contributed by atoms with van der Waals surface area (Å²) in [7, 11) is 0. The first-order valence-corrected chi connectivity index (χ1v) is 6.85. The lowest BCUT2D eigenvalue weighted by Crippen LogP contribution is -2.31. The van der Waals surface area contributed by atoms with Gasteiger partial charge in [-0.2, -0.15) is 5.10 Å². The molecule has 5 nitrogen and oxygen atoms in total. The Balaban J connectivity index is 2.88. The van der Waals surface area contributed by atoms with E-state index in [0.717, 1.165) is 5.69 Å². The van der Waals surface area contributed by atoms with Crippen molar-refractivity contribution in [1.82, 2.24) is 15.1 Å². The Kier molecular flexibility index (Phi) is 5.54. The zero-order valence-corrected chi connectivity index (χ0v) is 12.5. The molecule has 0 spiro atoms. The molecule has 5 heteroatoms. The van der Waals surface area contributed by atoms with Gasteiger partial charge in [-0.25, -0.2) is 0 Å². The van der Waals surface area contributed by atoms with Crippen LogP contribution >= 0.6 is 0 Å². The van der Waals surface area contributed by atoms with Crippen LogP contribution in [0.3, 0.4) is 0 Å². The van der Waals surface area contributed by atoms with E-state index in [1.165, 1.54) is 0 Å². The lowest BCUT2D eigenvalue weighted by molar-refractivity contribution is 0.0929. The molecule has 0 aliphatic carbocycles. The fourth-order valence-electron chi connectivity index (χ4n) is 1.68. The third kappa shape index (κ3) is 4.06. The summed E-state index contributed by atoms with van der Waals surface area (Å²) in [6, 6.07) is 1.99. The summed E-state index contributed by atoms with van der Waals surface area (Å²) in [5, 5.41) is 16.3. The molecular weight excluding hydrogens is 242 g/mol. The molecule has 0 fully saturated rings.